The van der Waals surface area contributed by atoms with Crippen LogP contribution in [0.5, 0.6) is 0 Å². The number of rotatable bonds is 9. The largest absolute Gasteiger partial charge is 0.353 e. The fourth-order valence-electron chi connectivity index (χ4n) is 6.31. The molecule has 1 fully saturated rings. The molecule has 1 aliphatic rings. The Morgan fingerprint density at radius 3 is 2.17 bits per heavy atom. The van der Waals surface area contributed by atoms with Crippen LogP contribution in [0.1, 0.15) is 53.0 Å². The maximum atomic E-state index is 13.6. The van der Waals surface area contributed by atoms with Crippen LogP contribution in [0.15, 0.2) is 115 Å². The molecule has 2 heterocycles. The van der Waals surface area contributed by atoms with E-state index < -0.39 is 0 Å². The molecule has 0 spiro atoms. The maximum absolute atomic E-state index is 13.6. The molecule has 0 aliphatic carbocycles. The quantitative estimate of drug-likeness (QED) is 0.213. The van der Waals surface area contributed by atoms with Crippen molar-refractivity contribution in [3.63, 3.8) is 0 Å². The Kier molecular flexibility index (Phi) is 8.29. The zero-order valence-corrected chi connectivity index (χ0v) is 23.9. The first-order valence-electron chi connectivity index (χ1n) is 14.9. The number of piperidine rings is 1. The highest BCUT2D eigenvalue weighted by molar-refractivity contribution is 5.87. The van der Waals surface area contributed by atoms with Crippen molar-refractivity contribution in [3.8, 4) is 0 Å². The molecule has 4 aromatic carbocycles. The number of aromatic nitrogens is 1. The highest BCUT2D eigenvalue weighted by Crippen LogP contribution is 2.35. The number of benzene rings is 4. The minimum atomic E-state index is -0.0185. The molecule has 0 radical (unpaired) electrons. The predicted octanol–water partition coefficient (Wildman–Crippen LogP) is 7.30. The van der Waals surface area contributed by atoms with E-state index in [2.05, 4.69) is 137 Å². The third-order valence-electron chi connectivity index (χ3n) is 8.43. The standard InChI is InChI=1S/C37H39N3O/c1-28-11-10-16-31(23-28)34(24-37(41)38-32-19-21-39(22-20-32)25-29-12-4-2-5-13-29)35-27-40(26-30-14-6-3-7-15-30)36-18-9-8-17-33(35)36/h2-18,23,27,32,34H,19-22,24-26H2,1H3,(H,38,41). The molecular weight excluding hydrogens is 502 g/mol. The number of carbonyl (C=O) groups is 1. The van der Waals surface area contributed by atoms with E-state index >= 15 is 0 Å². The van der Waals surface area contributed by atoms with Gasteiger partial charge in [-0.05, 0) is 48.1 Å². The van der Waals surface area contributed by atoms with Crippen molar-refractivity contribution in [2.45, 2.75) is 51.2 Å². The number of para-hydroxylation sites is 1. The van der Waals surface area contributed by atoms with Gasteiger partial charge in [0.15, 0.2) is 0 Å². The van der Waals surface area contributed by atoms with E-state index in [1.54, 1.807) is 0 Å². The van der Waals surface area contributed by atoms with E-state index in [9.17, 15) is 4.79 Å². The number of nitrogens with one attached hydrogen (secondary N) is 1. The Morgan fingerprint density at radius 1 is 0.805 bits per heavy atom. The summed E-state index contributed by atoms with van der Waals surface area (Å²) in [6.07, 6.45) is 4.70. The summed E-state index contributed by atoms with van der Waals surface area (Å²) >= 11 is 0. The van der Waals surface area contributed by atoms with E-state index in [-0.39, 0.29) is 17.9 Å². The van der Waals surface area contributed by atoms with Gasteiger partial charge < -0.3 is 9.88 Å². The lowest BCUT2D eigenvalue weighted by molar-refractivity contribution is -0.122. The third-order valence-corrected chi connectivity index (χ3v) is 8.43. The molecule has 1 N–H and O–H groups in total. The second-order valence-corrected chi connectivity index (χ2v) is 11.5. The van der Waals surface area contributed by atoms with Crippen molar-refractivity contribution in [2.75, 3.05) is 13.1 Å². The Morgan fingerprint density at radius 2 is 1.46 bits per heavy atom. The summed E-state index contributed by atoms with van der Waals surface area (Å²) in [5.74, 6) is 0.118. The SMILES string of the molecule is Cc1cccc(C(CC(=O)NC2CCN(Cc3ccccc3)CC2)c2cn(Cc3ccccc3)c3ccccc23)c1. The van der Waals surface area contributed by atoms with Crippen molar-refractivity contribution >= 4 is 16.8 Å². The van der Waals surface area contributed by atoms with Crippen LogP contribution >= 0.6 is 0 Å². The molecule has 4 nitrogen and oxygen atoms in total. The average Bonchev–Trinajstić information content (AvgIpc) is 3.36. The van der Waals surface area contributed by atoms with Gasteiger partial charge in [0.25, 0.3) is 0 Å². The summed E-state index contributed by atoms with van der Waals surface area (Å²) in [5, 5.41) is 4.63. The Bertz CT molecular complexity index is 1580. The average molecular weight is 542 g/mol. The first-order chi connectivity index (χ1) is 20.1. The zero-order chi connectivity index (χ0) is 28.0. The monoisotopic (exact) mass is 541 g/mol. The molecule has 1 unspecified atom stereocenters. The van der Waals surface area contributed by atoms with Gasteiger partial charge >= 0.3 is 0 Å². The van der Waals surface area contributed by atoms with Gasteiger partial charge in [-0.1, -0.05) is 109 Å². The van der Waals surface area contributed by atoms with Crippen LogP contribution < -0.4 is 5.32 Å². The Labute approximate surface area is 243 Å². The molecule has 1 atom stereocenters. The van der Waals surface area contributed by atoms with Crippen LogP contribution in [0, 0.1) is 6.92 Å². The predicted molar refractivity (Wildman–Crippen MR) is 168 cm³/mol. The number of aryl methyl sites for hydroxylation is 1. The van der Waals surface area contributed by atoms with Crippen molar-refractivity contribution in [1.29, 1.82) is 0 Å². The summed E-state index contributed by atoms with van der Waals surface area (Å²) < 4.78 is 2.34. The van der Waals surface area contributed by atoms with E-state index in [0.717, 1.165) is 39.0 Å². The minimum Gasteiger partial charge on any atom is -0.353 e. The van der Waals surface area contributed by atoms with Crippen LogP contribution in [0.3, 0.4) is 0 Å². The van der Waals surface area contributed by atoms with Crippen LogP contribution in [0.4, 0.5) is 0 Å². The van der Waals surface area contributed by atoms with Gasteiger partial charge in [-0.3, -0.25) is 9.69 Å². The smallest absolute Gasteiger partial charge is 0.221 e. The normalized spacial score (nSPS) is 15.1. The Hall–Kier alpha value is -4.15. The highest BCUT2D eigenvalue weighted by atomic mass is 16.1. The molecule has 1 saturated heterocycles. The molecule has 41 heavy (non-hydrogen) atoms. The number of amides is 1. The van der Waals surface area contributed by atoms with Crippen LogP contribution in [-0.2, 0) is 17.9 Å². The molecule has 1 aromatic heterocycles. The van der Waals surface area contributed by atoms with E-state index in [1.165, 1.54) is 38.7 Å². The van der Waals surface area contributed by atoms with Gasteiger partial charge in [0, 0.05) is 61.7 Å². The first kappa shape index (κ1) is 27.0. The van der Waals surface area contributed by atoms with Gasteiger partial charge in [-0.2, -0.15) is 0 Å². The van der Waals surface area contributed by atoms with Gasteiger partial charge in [0.1, 0.15) is 0 Å². The molecule has 5 aromatic rings. The number of hydrogen-bond acceptors (Lipinski definition) is 2. The lowest BCUT2D eigenvalue weighted by Gasteiger charge is -2.32. The van der Waals surface area contributed by atoms with E-state index in [0.29, 0.717) is 6.42 Å². The van der Waals surface area contributed by atoms with Crippen molar-refractivity contribution in [1.82, 2.24) is 14.8 Å². The summed E-state index contributed by atoms with van der Waals surface area (Å²) in [6, 6.07) is 38.7. The first-order valence-corrected chi connectivity index (χ1v) is 14.9. The molecule has 0 bridgehead atoms. The van der Waals surface area contributed by atoms with Gasteiger partial charge in [-0.15, -0.1) is 0 Å². The Balaban J connectivity index is 1.21. The van der Waals surface area contributed by atoms with Crippen molar-refractivity contribution in [3.05, 3.63) is 143 Å². The topological polar surface area (TPSA) is 37.3 Å². The highest BCUT2D eigenvalue weighted by Gasteiger charge is 2.26. The molecule has 208 valence electrons. The summed E-state index contributed by atoms with van der Waals surface area (Å²) in [5.41, 5.74) is 7.45. The minimum absolute atomic E-state index is 0.0185. The summed E-state index contributed by atoms with van der Waals surface area (Å²) in [6.45, 7) is 5.92. The number of hydrogen-bond donors (Lipinski definition) is 1. The molecule has 6 rings (SSSR count). The third kappa shape index (κ3) is 6.61. The van der Waals surface area contributed by atoms with Gasteiger partial charge in [0.05, 0.1) is 0 Å². The molecule has 4 heteroatoms. The van der Waals surface area contributed by atoms with Crippen LogP contribution in [-0.4, -0.2) is 34.5 Å². The zero-order valence-electron chi connectivity index (χ0n) is 23.9. The summed E-state index contributed by atoms with van der Waals surface area (Å²) in [7, 11) is 0. The van der Waals surface area contributed by atoms with E-state index in [4.69, 9.17) is 0 Å². The second kappa shape index (κ2) is 12.6. The number of likely N-dealkylation sites (tertiary alicyclic amines) is 1. The lowest BCUT2D eigenvalue weighted by Crippen LogP contribution is -2.44. The molecule has 0 saturated carbocycles. The number of carbonyl (C=O) groups excluding carboxylic acids is 1. The van der Waals surface area contributed by atoms with Crippen LogP contribution in [0.25, 0.3) is 10.9 Å². The summed E-state index contributed by atoms with van der Waals surface area (Å²) in [4.78, 5) is 16.1. The van der Waals surface area contributed by atoms with E-state index in [1.807, 2.05) is 0 Å². The van der Waals surface area contributed by atoms with Gasteiger partial charge in [-0.25, -0.2) is 0 Å². The fourth-order valence-corrected chi connectivity index (χ4v) is 6.31. The maximum Gasteiger partial charge on any atom is 0.221 e. The molecule has 1 aliphatic heterocycles. The van der Waals surface area contributed by atoms with Crippen molar-refractivity contribution in [2.24, 2.45) is 0 Å². The number of fused-ring (bicyclic) bond motifs is 1. The number of nitrogens with zero attached hydrogens (tertiary/aromatic N) is 2. The van der Waals surface area contributed by atoms with Crippen molar-refractivity contribution < 1.29 is 4.79 Å². The van der Waals surface area contributed by atoms with Gasteiger partial charge in [0.2, 0.25) is 5.91 Å². The molecular formula is C37H39N3O. The molecule has 1 amide bonds. The fraction of sp³-hybridized carbons (Fsp3) is 0.270. The van der Waals surface area contributed by atoms with Crippen LogP contribution in [0.2, 0.25) is 0 Å². The second-order valence-electron chi connectivity index (χ2n) is 11.5. The lowest BCUT2D eigenvalue weighted by atomic mass is 9.87.